The van der Waals surface area contributed by atoms with E-state index in [4.69, 9.17) is 0 Å². The van der Waals surface area contributed by atoms with E-state index in [9.17, 15) is 0 Å². The lowest BCUT2D eigenvalue weighted by molar-refractivity contribution is 0.312. The van der Waals surface area contributed by atoms with Crippen molar-refractivity contribution in [2.75, 3.05) is 0 Å². The van der Waals surface area contributed by atoms with Gasteiger partial charge in [-0.1, -0.05) is 29.8 Å². The number of alkyl halides is 1. The van der Waals surface area contributed by atoms with Gasteiger partial charge in [-0.25, -0.2) is 0 Å². The third kappa shape index (κ3) is 2.29. The Morgan fingerprint density at radius 2 is 1.44 bits per heavy atom. The van der Waals surface area contributed by atoms with Crippen LogP contribution in [0.2, 0.25) is 0 Å². The van der Waals surface area contributed by atoms with Gasteiger partial charge in [-0.2, -0.15) is 0 Å². The zero-order valence-electron chi connectivity index (χ0n) is 6.23. The van der Waals surface area contributed by atoms with Gasteiger partial charge in [0.2, 0.25) is 0 Å². The average molecular weight is 191 g/mol. The fraction of sp³-hybridized carbons (Fsp3) is 1.00. The van der Waals surface area contributed by atoms with Gasteiger partial charge in [0, 0.05) is 4.83 Å². The first-order chi connectivity index (χ1) is 4.18. The van der Waals surface area contributed by atoms with Gasteiger partial charge in [-0.05, 0) is 31.1 Å². The lowest BCUT2D eigenvalue weighted by Gasteiger charge is -2.27. The van der Waals surface area contributed by atoms with Gasteiger partial charge in [-0.15, -0.1) is 0 Å². The highest BCUT2D eigenvalue weighted by Crippen LogP contribution is 2.32. The SMILES string of the molecule is C[C@@H]1CC(Br)C[C@@H](C)C1. The van der Waals surface area contributed by atoms with Crippen LogP contribution in [0.3, 0.4) is 0 Å². The molecule has 0 spiro atoms. The van der Waals surface area contributed by atoms with Crippen LogP contribution >= 0.6 is 15.9 Å². The highest BCUT2D eigenvalue weighted by atomic mass is 79.9. The van der Waals surface area contributed by atoms with Crippen LogP contribution in [0.15, 0.2) is 0 Å². The van der Waals surface area contributed by atoms with Crippen LogP contribution in [0, 0.1) is 11.8 Å². The molecule has 0 unspecified atom stereocenters. The zero-order chi connectivity index (χ0) is 6.85. The van der Waals surface area contributed by atoms with Gasteiger partial charge in [-0.3, -0.25) is 0 Å². The largest absolute Gasteiger partial charge is 0.0890 e. The van der Waals surface area contributed by atoms with Gasteiger partial charge in [0.05, 0.1) is 0 Å². The van der Waals surface area contributed by atoms with Crippen LogP contribution in [-0.2, 0) is 0 Å². The molecule has 0 bridgehead atoms. The summed E-state index contributed by atoms with van der Waals surface area (Å²) in [4.78, 5) is 0.802. The van der Waals surface area contributed by atoms with Crippen LogP contribution < -0.4 is 0 Å². The molecule has 0 nitrogen and oxygen atoms in total. The monoisotopic (exact) mass is 190 g/mol. The van der Waals surface area contributed by atoms with Gasteiger partial charge >= 0.3 is 0 Å². The van der Waals surface area contributed by atoms with E-state index in [1.165, 1.54) is 19.3 Å². The molecule has 1 fully saturated rings. The van der Waals surface area contributed by atoms with E-state index >= 15 is 0 Å². The first-order valence-corrected chi connectivity index (χ1v) is 4.74. The maximum Gasteiger partial charge on any atom is 0.0150 e. The number of hydrogen-bond donors (Lipinski definition) is 0. The first-order valence-electron chi connectivity index (χ1n) is 3.82. The second-order valence-corrected chi connectivity index (χ2v) is 4.81. The topological polar surface area (TPSA) is 0 Å². The molecule has 0 amide bonds. The quantitative estimate of drug-likeness (QED) is 0.516. The summed E-state index contributed by atoms with van der Waals surface area (Å²) in [6.45, 7) is 4.70. The molecule has 54 valence electrons. The van der Waals surface area contributed by atoms with E-state index in [2.05, 4.69) is 29.8 Å². The van der Waals surface area contributed by atoms with Crippen molar-refractivity contribution < 1.29 is 0 Å². The lowest BCUT2D eigenvalue weighted by atomic mass is 9.84. The molecule has 0 aliphatic heterocycles. The van der Waals surface area contributed by atoms with E-state index < -0.39 is 0 Å². The van der Waals surface area contributed by atoms with Crippen LogP contribution in [0.25, 0.3) is 0 Å². The van der Waals surface area contributed by atoms with Crippen molar-refractivity contribution in [1.82, 2.24) is 0 Å². The first kappa shape index (κ1) is 7.59. The molecule has 1 rings (SSSR count). The minimum Gasteiger partial charge on any atom is -0.0890 e. The Kier molecular flexibility index (Phi) is 2.57. The predicted octanol–water partition coefficient (Wildman–Crippen LogP) is 3.21. The highest BCUT2D eigenvalue weighted by molar-refractivity contribution is 9.09. The van der Waals surface area contributed by atoms with Gasteiger partial charge in [0.25, 0.3) is 0 Å². The highest BCUT2D eigenvalue weighted by Gasteiger charge is 2.21. The number of halogens is 1. The fourth-order valence-electron chi connectivity index (χ4n) is 1.85. The Hall–Kier alpha value is 0.480. The Bertz CT molecular complexity index is 65.5. The third-order valence-electron chi connectivity index (χ3n) is 2.12. The second kappa shape index (κ2) is 3.05. The second-order valence-electron chi connectivity index (χ2n) is 3.51. The summed E-state index contributed by atoms with van der Waals surface area (Å²) < 4.78 is 0. The zero-order valence-corrected chi connectivity index (χ0v) is 7.82. The smallest absolute Gasteiger partial charge is 0.0150 e. The van der Waals surface area contributed by atoms with Crippen LogP contribution in [0.5, 0.6) is 0 Å². The normalized spacial score (nSPS) is 45.0. The van der Waals surface area contributed by atoms with E-state index in [1.54, 1.807) is 0 Å². The summed E-state index contributed by atoms with van der Waals surface area (Å²) in [6.07, 6.45) is 4.19. The van der Waals surface area contributed by atoms with Crippen molar-refractivity contribution in [3.8, 4) is 0 Å². The standard InChI is InChI=1S/C8H15Br/c1-6-3-7(2)5-8(9)4-6/h6-8H,3-5H2,1-2H3/t6-,7-/m0/s1. The maximum atomic E-state index is 3.67. The molecule has 0 aromatic carbocycles. The molecular weight excluding hydrogens is 176 g/mol. The van der Waals surface area contributed by atoms with E-state index in [-0.39, 0.29) is 0 Å². The summed E-state index contributed by atoms with van der Waals surface area (Å²) in [5, 5.41) is 0. The average Bonchev–Trinajstić information content (AvgIpc) is 1.59. The van der Waals surface area contributed by atoms with Gasteiger partial charge < -0.3 is 0 Å². The van der Waals surface area contributed by atoms with Gasteiger partial charge in [0.1, 0.15) is 0 Å². The molecule has 2 atom stereocenters. The molecule has 0 aromatic heterocycles. The van der Waals surface area contributed by atoms with Crippen molar-refractivity contribution in [3.05, 3.63) is 0 Å². The summed E-state index contributed by atoms with van der Waals surface area (Å²) in [7, 11) is 0. The molecule has 1 heteroatoms. The van der Waals surface area contributed by atoms with E-state index in [1.807, 2.05) is 0 Å². The molecule has 0 N–H and O–H groups in total. The molecule has 1 aliphatic rings. The number of rotatable bonds is 0. The van der Waals surface area contributed by atoms with Crippen LogP contribution in [-0.4, -0.2) is 4.83 Å². The molecule has 1 saturated carbocycles. The molecule has 1 aliphatic carbocycles. The van der Waals surface area contributed by atoms with Gasteiger partial charge in [0.15, 0.2) is 0 Å². The minimum atomic E-state index is 0.802. The van der Waals surface area contributed by atoms with Crippen LogP contribution in [0.1, 0.15) is 33.1 Å². The fourth-order valence-corrected chi connectivity index (χ4v) is 3.13. The summed E-state index contributed by atoms with van der Waals surface area (Å²) in [5.41, 5.74) is 0. The van der Waals surface area contributed by atoms with Crippen molar-refractivity contribution in [2.45, 2.75) is 37.9 Å². The molecular formula is C8H15Br. The van der Waals surface area contributed by atoms with E-state index in [0.29, 0.717) is 0 Å². The molecule has 0 saturated heterocycles. The minimum absolute atomic E-state index is 0.802. The number of hydrogen-bond acceptors (Lipinski definition) is 0. The van der Waals surface area contributed by atoms with Crippen molar-refractivity contribution in [2.24, 2.45) is 11.8 Å². The summed E-state index contributed by atoms with van der Waals surface area (Å²) >= 11 is 3.67. The van der Waals surface area contributed by atoms with Crippen molar-refractivity contribution in [3.63, 3.8) is 0 Å². The third-order valence-corrected chi connectivity index (χ3v) is 2.87. The molecule has 0 heterocycles. The van der Waals surface area contributed by atoms with Crippen molar-refractivity contribution in [1.29, 1.82) is 0 Å². The molecule has 9 heavy (non-hydrogen) atoms. The predicted molar refractivity (Wildman–Crippen MR) is 44.9 cm³/mol. The van der Waals surface area contributed by atoms with Crippen LogP contribution in [0.4, 0.5) is 0 Å². The lowest BCUT2D eigenvalue weighted by Crippen LogP contribution is -2.18. The Morgan fingerprint density at radius 3 is 1.78 bits per heavy atom. The van der Waals surface area contributed by atoms with E-state index in [0.717, 1.165) is 16.7 Å². The van der Waals surface area contributed by atoms with Crippen molar-refractivity contribution >= 4 is 15.9 Å². The Morgan fingerprint density at radius 1 is 1.00 bits per heavy atom. The molecule has 0 aromatic rings. The molecule has 0 radical (unpaired) electrons. The Labute approximate surface area is 66.2 Å². The Balaban J connectivity index is 2.34. The summed E-state index contributed by atoms with van der Waals surface area (Å²) in [5.74, 6) is 1.89. The maximum absolute atomic E-state index is 3.67. The summed E-state index contributed by atoms with van der Waals surface area (Å²) in [6, 6.07) is 0.